The monoisotopic (exact) mass is 601 g/mol. The average Bonchev–Trinajstić information content (AvgIpc) is 2.89. The van der Waals surface area contributed by atoms with E-state index in [-0.39, 0.29) is 47.5 Å². The lowest BCUT2D eigenvalue weighted by molar-refractivity contribution is -0.121. The zero-order valence-corrected chi connectivity index (χ0v) is 25.9. The van der Waals surface area contributed by atoms with Gasteiger partial charge in [-0.15, -0.1) is 0 Å². The third-order valence-corrected chi connectivity index (χ3v) is 8.08. The number of piperidine rings is 1. The molecule has 0 bridgehead atoms. The van der Waals surface area contributed by atoms with E-state index in [4.69, 9.17) is 4.74 Å². The van der Waals surface area contributed by atoms with Crippen LogP contribution in [0.5, 0.6) is 0 Å². The molecular weight excluding hydrogens is 562 g/mol. The number of hydrogen-bond acceptors (Lipinski definition) is 10. The highest BCUT2D eigenvalue weighted by Crippen LogP contribution is 2.33. The van der Waals surface area contributed by atoms with Crippen LogP contribution in [-0.2, 0) is 24.2 Å². The number of likely N-dealkylation sites (tertiary alicyclic amines) is 1. The number of anilines is 5. The van der Waals surface area contributed by atoms with Crippen molar-refractivity contribution in [3.63, 3.8) is 0 Å². The summed E-state index contributed by atoms with van der Waals surface area (Å²) in [5, 5.41) is 5.88. The molecule has 3 amide bonds. The van der Waals surface area contributed by atoms with E-state index < -0.39 is 27.4 Å². The summed E-state index contributed by atoms with van der Waals surface area (Å²) in [6.45, 7) is 10.1. The van der Waals surface area contributed by atoms with E-state index in [1.54, 1.807) is 40.1 Å². The molecule has 0 aliphatic carbocycles. The number of nitrogens with zero attached hydrogens (tertiary/aromatic N) is 5. The van der Waals surface area contributed by atoms with Gasteiger partial charge in [0.1, 0.15) is 11.3 Å². The molecule has 2 N–H and O–H groups in total. The van der Waals surface area contributed by atoms with Crippen LogP contribution in [0.15, 0.2) is 29.3 Å². The van der Waals surface area contributed by atoms with Crippen LogP contribution in [0.4, 0.5) is 33.6 Å². The number of carbonyl (C=O) groups excluding carboxylic acids is 3. The fourth-order valence-corrected chi connectivity index (χ4v) is 5.46. The fourth-order valence-electron chi connectivity index (χ4n) is 4.78. The van der Waals surface area contributed by atoms with Gasteiger partial charge in [0.15, 0.2) is 15.7 Å². The SMILES string of the molecule is CC(C)N1CC(=O)N(C)c2cnc(Nc3cc(NC(=O)C4CCCN(C(=O)OC(C)(C)C)C4)cc(S(C)(=O)=O)c3)nc21. The van der Waals surface area contributed by atoms with Gasteiger partial charge in [0.25, 0.3) is 0 Å². The molecule has 1 aromatic carbocycles. The molecule has 4 rings (SSSR count). The van der Waals surface area contributed by atoms with Gasteiger partial charge in [-0.2, -0.15) is 4.98 Å². The van der Waals surface area contributed by atoms with E-state index >= 15 is 0 Å². The Morgan fingerprint density at radius 1 is 1.14 bits per heavy atom. The lowest BCUT2D eigenvalue weighted by atomic mass is 9.97. The maximum atomic E-state index is 13.2. The summed E-state index contributed by atoms with van der Waals surface area (Å²) in [5.41, 5.74) is 0.538. The van der Waals surface area contributed by atoms with E-state index in [9.17, 15) is 22.8 Å². The van der Waals surface area contributed by atoms with E-state index in [0.717, 1.165) is 6.26 Å². The number of nitrogens with one attached hydrogen (secondary N) is 2. The normalized spacial score (nSPS) is 17.7. The fraction of sp³-hybridized carbons (Fsp3) is 0.536. The van der Waals surface area contributed by atoms with Gasteiger partial charge in [-0.1, -0.05) is 0 Å². The molecule has 1 saturated heterocycles. The van der Waals surface area contributed by atoms with Crippen molar-refractivity contribution in [3.05, 3.63) is 24.4 Å². The second-order valence-corrected chi connectivity index (χ2v) is 14.0. The van der Waals surface area contributed by atoms with Gasteiger partial charge in [0.2, 0.25) is 17.8 Å². The first kappa shape index (κ1) is 31.0. The molecule has 1 unspecified atom stereocenters. The minimum absolute atomic E-state index is 0.00515. The smallest absolute Gasteiger partial charge is 0.410 e. The predicted molar refractivity (Wildman–Crippen MR) is 160 cm³/mol. The largest absolute Gasteiger partial charge is 0.444 e. The Kier molecular flexibility index (Phi) is 8.67. The molecule has 0 radical (unpaired) electrons. The molecule has 42 heavy (non-hydrogen) atoms. The topological polar surface area (TPSA) is 154 Å². The minimum atomic E-state index is -3.64. The molecule has 3 heterocycles. The number of fused-ring (bicyclic) bond motifs is 1. The molecule has 2 aliphatic heterocycles. The van der Waals surface area contributed by atoms with Crippen LogP contribution in [0.2, 0.25) is 0 Å². The van der Waals surface area contributed by atoms with Gasteiger partial charge < -0.3 is 30.1 Å². The molecule has 13 nitrogen and oxygen atoms in total. The number of benzene rings is 1. The van der Waals surface area contributed by atoms with Crippen LogP contribution < -0.4 is 20.4 Å². The first-order chi connectivity index (χ1) is 19.5. The maximum absolute atomic E-state index is 13.2. The Labute approximate surface area is 246 Å². The molecule has 2 aromatic rings. The van der Waals surface area contributed by atoms with Crippen molar-refractivity contribution in [2.45, 2.75) is 64.0 Å². The van der Waals surface area contributed by atoms with Gasteiger partial charge in [-0.25, -0.2) is 18.2 Å². The Hall–Kier alpha value is -3.94. The first-order valence-corrected chi connectivity index (χ1v) is 15.7. The van der Waals surface area contributed by atoms with E-state index in [1.807, 2.05) is 18.7 Å². The number of likely N-dealkylation sites (N-methyl/N-ethyl adjacent to an activating group) is 1. The van der Waals surface area contributed by atoms with Crippen LogP contribution in [0.3, 0.4) is 0 Å². The minimum Gasteiger partial charge on any atom is -0.444 e. The molecule has 1 fully saturated rings. The summed E-state index contributed by atoms with van der Waals surface area (Å²) in [7, 11) is -1.97. The highest BCUT2D eigenvalue weighted by molar-refractivity contribution is 7.90. The third-order valence-electron chi connectivity index (χ3n) is 6.99. The number of carbonyl (C=O) groups is 3. The Bertz CT molecular complexity index is 1490. The number of amides is 3. The van der Waals surface area contributed by atoms with Gasteiger partial charge in [-0.3, -0.25) is 9.59 Å². The van der Waals surface area contributed by atoms with E-state index in [0.29, 0.717) is 36.6 Å². The van der Waals surface area contributed by atoms with Gasteiger partial charge >= 0.3 is 6.09 Å². The van der Waals surface area contributed by atoms with Gasteiger partial charge in [0.05, 0.1) is 23.6 Å². The maximum Gasteiger partial charge on any atom is 0.410 e. The van der Waals surface area contributed by atoms with Crippen molar-refractivity contribution < 1.29 is 27.5 Å². The van der Waals surface area contributed by atoms with Crippen molar-refractivity contribution in [3.8, 4) is 0 Å². The lowest BCUT2D eigenvalue weighted by Crippen LogP contribution is -2.47. The number of hydrogen-bond donors (Lipinski definition) is 2. The zero-order valence-electron chi connectivity index (χ0n) is 25.1. The van der Waals surface area contributed by atoms with Crippen molar-refractivity contribution in [2.75, 3.05) is 53.4 Å². The lowest BCUT2D eigenvalue weighted by Gasteiger charge is -2.36. The average molecular weight is 602 g/mol. The second-order valence-electron chi connectivity index (χ2n) is 12.0. The molecule has 1 aromatic heterocycles. The second kappa shape index (κ2) is 11.7. The van der Waals surface area contributed by atoms with Gasteiger partial charge in [0, 0.05) is 43.8 Å². The van der Waals surface area contributed by atoms with Crippen molar-refractivity contribution >= 4 is 56.6 Å². The van der Waals surface area contributed by atoms with Crippen LogP contribution in [0.1, 0.15) is 47.5 Å². The summed E-state index contributed by atoms with van der Waals surface area (Å²) < 4.78 is 30.5. The molecule has 0 spiro atoms. The number of sulfone groups is 1. The Morgan fingerprint density at radius 2 is 1.83 bits per heavy atom. The standard InChI is InChI=1S/C28H39N7O6S/c1-17(2)35-16-23(36)33(6)22-14-29-26(32-24(22)35)31-20-11-19(12-21(13-20)42(7,39)40)30-25(37)18-9-8-10-34(15-18)27(38)41-28(3,4)5/h11-14,17-18H,8-10,15-16H2,1-7H3,(H,30,37)(H,29,31,32). The van der Waals surface area contributed by atoms with Crippen LogP contribution in [0, 0.1) is 5.92 Å². The molecule has 0 saturated carbocycles. The number of aromatic nitrogens is 2. The Balaban J connectivity index is 1.57. The summed E-state index contributed by atoms with van der Waals surface area (Å²) >= 11 is 0. The molecule has 228 valence electrons. The van der Waals surface area contributed by atoms with Crippen molar-refractivity contribution in [1.29, 1.82) is 0 Å². The number of rotatable bonds is 6. The summed E-state index contributed by atoms with van der Waals surface area (Å²) in [6.07, 6.45) is 3.37. The summed E-state index contributed by atoms with van der Waals surface area (Å²) in [4.78, 5) is 52.1. The van der Waals surface area contributed by atoms with Crippen LogP contribution >= 0.6 is 0 Å². The zero-order chi connectivity index (χ0) is 31.0. The summed E-state index contributed by atoms with van der Waals surface area (Å²) in [5.74, 6) is -0.121. The van der Waals surface area contributed by atoms with Crippen LogP contribution in [0.25, 0.3) is 0 Å². The quantitative estimate of drug-likeness (QED) is 0.503. The molecule has 1 atom stereocenters. The van der Waals surface area contributed by atoms with Gasteiger partial charge in [-0.05, 0) is 65.7 Å². The molecular formula is C28H39N7O6S. The summed E-state index contributed by atoms with van der Waals surface area (Å²) in [6, 6.07) is 4.43. The molecule has 2 aliphatic rings. The van der Waals surface area contributed by atoms with Crippen LogP contribution in [-0.4, -0.2) is 85.8 Å². The highest BCUT2D eigenvalue weighted by Gasteiger charge is 2.32. The third kappa shape index (κ3) is 7.27. The predicted octanol–water partition coefficient (Wildman–Crippen LogP) is 3.40. The van der Waals surface area contributed by atoms with Crippen molar-refractivity contribution in [1.82, 2.24) is 14.9 Å². The highest BCUT2D eigenvalue weighted by atomic mass is 32.2. The number of ether oxygens (including phenoxy) is 1. The van der Waals surface area contributed by atoms with E-state index in [1.165, 1.54) is 21.9 Å². The van der Waals surface area contributed by atoms with Crippen molar-refractivity contribution in [2.24, 2.45) is 5.92 Å². The molecule has 14 heteroatoms. The van der Waals surface area contributed by atoms with E-state index in [2.05, 4.69) is 20.6 Å². The Morgan fingerprint density at radius 3 is 2.48 bits per heavy atom. The first-order valence-electron chi connectivity index (χ1n) is 13.8.